The van der Waals surface area contributed by atoms with E-state index in [0.29, 0.717) is 34.1 Å². The number of nitrogens with one attached hydrogen (secondary N) is 6. The topological polar surface area (TPSA) is 175 Å². The van der Waals surface area contributed by atoms with Crippen LogP contribution in [0.15, 0.2) is 342 Å². The summed E-state index contributed by atoms with van der Waals surface area (Å²) >= 11 is -8.97. The molecular formula is C72H63N6O6S6Sb3. The Morgan fingerprint density at radius 2 is 0.387 bits per heavy atom. The molecule has 0 fully saturated rings. The van der Waals surface area contributed by atoms with Crippen LogP contribution in [0.3, 0.4) is 0 Å². The third-order valence-electron chi connectivity index (χ3n) is 11.7. The van der Waals surface area contributed by atoms with E-state index in [0.717, 1.165) is 29.4 Å². The van der Waals surface area contributed by atoms with E-state index >= 15 is 0 Å². The Kier molecular flexibility index (Phi) is 31.6. The van der Waals surface area contributed by atoms with E-state index in [1.54, 1.807) is 72.9 Å². The van der Waals surface area contributed by atoms with Crippen LogP contribution in [0.25, 0.3) is 0 Å². The quantitative estimate of drug-likeness (QED) is 0.0131. The summed E-state index contributed by atoms with van der Waals surface area (Å²) in [6, 6.07) is 54.7. The van der Waals surface area contributed by atoms with Crippen LogP contribution in [0.5, 0.6) is 0 Å². The average molecular weight is 1670 g/mol. The molecule has 0 aliphatic rings. The van der Waals surface area contributed by atoms with Gasteiger partial charge >= 0.3 is 588 Å². The van der Waals surface area contributed by atoms with Gasteiger partial charge in [0.25, 0.3) is 0 Å². The van der Waals surface area contributed by atoms with Crippen LogP contribution < -0.4 is 42.4 Å². The first-order valence-corrected chi connectivity index (χ1v) is 55.3. The number of rotatable bonds is 33. The fourth-order valence-electron chi connectivity index (χ4n) is 7.47. The summed E-state index contributed by atoms with van der Waals surface area (Å²) in [5.41, 5.74) is 3.88. The summed E-state index contributed by atoms with van der Waals surface area (Å²) in [5, 5.41) is 17.7. The summed E-state index contributed by atoms with van der Waals surface area (Å²) in [5.74, 6) is -1.63. The fraction of sp³-hybridized carbons (Fsp3) is 0. The van der Waals surface area contributed by atoms with Crippen molar-refractivity contribution in [1.82, 2.24) is 0 Å². The Hall–Kier alpha value is -7.21. The van der Waals surface area contributed by atoms with Gasteiger partial charge in [-0.05, 0) is 0 Å². The van der Waals surface area contributed by atoms with Gasteiger partial charge in [-0.15, -0.1) is 0 Å². The third-order valence-corrected chi connectivity index (χ3v) is 58.2. The van der Waals surface area contributed by atoms with E-state index in [4.69, 9.17) is 0 Å². The van der Waals surface area contributed by atoms with Crippen molar-refractivity contribution < 1.29 is 28.8 Å². The zero-order valence-electron chi connectivity index (χ0n) is 50.0. The van der Waals surface area contributed by atoms with Gasteiger partial charge in [-0.3, -0.25) is 0 Å². The van der Waals surface area contributed by atoms with Crippen LogP contribution in [-0.4, -0.2) is 87.7 Å². The molecule has 7 aromatic carbocycles. The predicted octanol–water partition coefficient (Wildman–Crippen LogP) is 15.6. The number of benzene rings is 7. The maximum atomic E-state index is 12.8. The summed E-state index contributed by atoms with van der Waals surface area (Å²) in [6.45, 7) is 22.1. The van der Waals surface area contributed by atoms with E-state index in [2.05, 4.69) is 89.6 Å². The maximum absolute atomic E-state index is 12.8. The number of hydrogen-bond acceptors (Lipinski definition) is 12. The molecular weight excluding hydrogens is 1600 g/mol. The average Bonchev–Trinajstić information content (AvgIpc) is 0.845. The Morgan fingerprint density at radius 1 is 0.247 bits per heavy atom. The molecule has 0 aliphatic heterocycles. The molecule has 0 bridgehead atoms. The predicted molar refractivity (Wildman–Crippen MR) is 404 cm³/mol. The molecule has 93 heavy (non-hydrogen) atoms. The van der Waals surface area contributed by atoms with Crippen molar-refractivity contribution in [3.63, 3.8) is 0 Å². The minimum absolute atomic E-state index is 0.272. The molecule has 7 aromatic rings. The number of amides is 6. The van der Waals surface area contributed by atoms with Crippen LogP contribution in [-0.2, 0) is 28.8 Å². The number of hydrogen-bond donors (Lipinski definition) is 6. The number of carbonyl (C=O) groups excluding carboxylic acids is 6. The first-order valence-electron chi connectivity index (χ1n) is 28.1. The van der Waals surface area contributed by atoms with Crippen LogP contribution in [0, 0.1) is 0 Å². The molecule has 0 unspecified atom stereocenters. The zero-order valence-corrected chi connectivity index (χ0v) is 62.5. The van der Waals surface area contributed by atoms with Crippen molar-refractivity contribution in [3.05, 3.63) is 313 Å². The molecule has 21 heteroatoms. The molecule has 6 amide bonds. The monoisotopic (exact) mass is 1660 g/mol. The second-order valence-electron chi connectivity index (χ2n) is 18.7. The number of anilines is 6. The van der Waals surface area contributed by atoms with E-state index in [1.165, 1.54) is 47.0 Å². The molecule has 0 radical (unpaired) electrons. The first-order chi connectivity index (χ1) is 45.2. The van der Waals surface area contributed by atoms with Crippen molar-refractivity contribution in [3.8, 4) is 0 Å². The molecule has 6 N–H and O–H groups in total. The molecule has 12 nitrogen and oxygen atoms in total. The summed E-state index contributed by atoms with van der Waals surface area (Å²) in [7, 11) is 11.1. The van der Waals surface area contributed by atoms with Crippen LogP contribution in [0.1, 0.15) is 0 Å². The van der Waals surface area contributed by atoms with Gasteiger partial charge in [-0.1, -0.05) is 0 Å². The Morgan fingerprint density at radius 3 is 0.516 bits per heavy atom. The minimum atomic E-state index is -2.99. The summed E-state index contributed by atoms with van der Waals surface area (Å²) in [4.78, 5) is 82.8. The Bertz CT molecular complexity index is 3350. The molecule has 0 atom stereocenters. The molecule has 0 heterocycles. The third kappa shape index (κ3) is 26.3. The fourth-order valence-corrected chi connectivity index (χ4v) is 57.2. The molecule has 468 valence electrons. The Labute approximate surface area is 581 Å². The van der Waals surface area contributed by atoms with Crippen LogP contribution in [0.2, 0.25) is 0 Å². The van der Waals surface area contributed by atoms with Gasteiger partial charge in [-0.2, -0.15) is 0 Å². The van der Waals surface area contributed by atoms with Gasteiger partial charge in [0.2, 0.25) is 0 Å². The van der Waals surface area contributed by atoms with E-state index in [9.17, 15) is 28.8 Å². The second kappa shape index (κ2) is 40.1. The SMILES string of the molecule is C=CC=CC(=O)Nc1ccc([S][Sb]([S]c2ccc(NC(=O)C=CC=C)cc2)[c]2c[c]([Sb]([S]c3ccc(NC(=O)C=CC=C)cc3)[S]c3ccc(NC(=O)C=CC=C)cc3)c[c]([Sb]([S]c3ccc(NC(=O)C=CC=C)cc3)[S]c3ccc(NC(=O)C=CC=C)cc3)c2)cc1. The zero-order chi connectivity index (χ0) is 66.2. The van der Waals surface area contributed by atoms with E-state index in [-0.39, 0.29) is 35.4 Å². The van der Waals surface area contributed by atoms with Crippen molar-refractivity contribution in [1.29, 1.82) is 0 Å². The van der Waals surface area contributed by atoms with Crippen molar-refractivity contribution in [2.45, 2.75) is 29.4 Å². The summed E-state index contributed by atoms with van der Waals surface area (Å²) in [6.07, 6.45) is 27.4. The summed E-state index contributed by atoms with van der Waals surface area (Å²) < 4.78 is 3.70. The molecule has 0 spiro atoms. The van der Waals surface area contributed by atoms with Gasteiger partial charge in [-0.25, -0.2) is 0 Å². The van der Waals surface area contributed by atoms with Crippen molar-refractivity contribution >= 4 is 185 Å². The van der Waals surface area contributed by atoms with Crippen molar-refractivity contribution in [2.24, 2.45) is 0 Å². The standard InChI is InChI=1S/6C11H11NOS.C6H3.3Sb/c6*1-2-3-4-11(13)12-9-5-7-10(14)8-6-9;1-2-4-6-5-3-1;;;/h6*2-8,14H,1H2,(H,12,13);1,4-5H;;;/q;;;;;;;3*+2/p-6. The van der Waals surface area contributed by atoms with Gasteiger partial charge in [0.1, 0.15) is 0 Å². The van der Waals surface area contributed by atoms with Gasteiger partial charge in [0.15, 0.2) is 0 Å². The molecule has 0 aromatic heterocycles. The molecule has 0 saturated carbocycles. The molecule has 7 rings (SSSR count). The number of carbonyl (C=O) groups is 6. The normalized spacial score (nSPS) is 11.4. The van der Waals surface area contributed by atoms with E-state index < -0.39 is 52.2 Å². The van der Waals surface area contributed by atoms with Gasteiger partial charge < -0.3 is 0 Å². The van der Waals surface area contributed by atoms with Gasteiger partial charge in [0, 0.05) is 0 Å². The number of allylic oxidation sites excluding steroid dienone is 12. The Balaban J connectivity index is 1.42. The van der Waals surface area contributed by atoms with Crippen molar-refractivity contribution in [2.75, 3.05) is 31.9 Å². The van der Waals surface area contributed by atoms with Crippen LogP contribution in [0.4, 0.5) is 34.1 Å². The molecule has 0 aliphatic carbocycles. The van der Waals surface area contributed by atoms with Crippen LogP contribution >= 0.6 is 53.1 Å². The first kappa shape index (κ1) is 73.2. The second-order valence-corrected chi connectivity index (χ2v) is 60.2. The molecule has 0 saturated heterocycles. The van der Waals surface area contributed by atoms with Gasteiger partial charge in [0.05, 0.1) is 0 Å². The van der Waals surface area contributed by atoms with E-state index in [1.807, 2.05) is 199 Å².